The third kappa shape index (κ3) is 4.59. The molecule has 0 unspecified atom stereocenters. The molecule has 1 saturated heterocycles. The van der Waals surface area contributed by atoms with Crippen molar-refractivity contribution in [3.63, 3.8) is 0 Å². The third-order valence-electron chi connectivity index (χ3n) is 3.93. The average Bonchev–Trinajstić information content (AvgIpc) is 3.05. The Morgan fingerprint density at radius 3 is 2.72 bits per heavy atom. The first kappa shape index (κ1) is 17.9. The Hall–Kier alpha value is -1.90. The van der Waals surface area contributed by atoms with E-state index < -0.39 is 15.9 Å². The maximum Gasteiger partial charge on any atom is 0.286 e. The Bertz CT molecular complexity index is 859. The van der Waals surface area contributed by atoms with Gasteiger partial charge >= 0.3 is 0 Å². The standard InChI is InChI=1S/C16H17ClN2O5S/c17-13-4-2-1-3-12(13)15-9-14(18-24-15)16(20)19-25(21,22)10-11-5-7-23-8-6-11/h1-4,9,11H,5-8,10H2,(H,19,20). The van der Waals surface area contributed by atoms with Crippen molar-refractivity contribution in [2.24, 2.45) is 5.92 Å². The van der Waals surface area contributed by atoms with Crippen LogP contribution < -0.4 is 4.72 Å². The Morgan fingerprint density at radius 2 is 2.00 bits per heavy atom. The lowest BCUT2D eigenvalue weighted by Gasteiger charge is -2.21. The summed E-state index contributed by atoms with van der Waals surface area (Å²) in [5.41, 5.74) is 0.450. The molecule has 0 aliphatic carbocycles. The molecule has 1 aromatic heterocycles. The summed E-state index contributed by atoms with van der Waals surface area (Å²) >= 11 is 6.07. The molecule has 0 bridgehead atoms. The number of amides is 1. The first-order valence-corrected chi connectivity index (χ1v) is 9.82. The van der Waals surface area contributed by atoms with E-state index >= 15 is 0 Å². The van der Waals surface area contributed by atoms with E-state index in [4.69, 9.17) is 20.9 Å². The van der Waals surface area contributed by atoms with Crippen LogP contribution in [0.15, 0.2) is 34.9 Å². The zero-order valence-electron chi connectivity index (χ0n) is 13.3. The van der Waals surface area contributed by atoms with Crippen molar-refractivity contribution < 1.29 is 22.5 Å². The minimum Gasteiger partial charge on any atom is -0.381 e. The largest absolute Gasteiger partial charge is 0.381 e. The maximum absolute atomic E-state index is 12.2. The number of nitrogens with zero attached hydrogens (tertiary/aromatic N) is 1. The first-order chi connectivity index (χ1) is 11.9. The van der Waals surface area contributed by atoms with Crippen LogP contribution in [0.4, 0.5) is 0 Å². The van der Waals surface area contributed by atoms with Crippen molar-refractivity contribution in [1.82, 2.24) is 9.88 Å². The van der Waals surface area contributed by atoms with Gasteiger partial charge < -0.3 is 9.26 Å². The fourth-order valence-electron chi connectivity index (χ4n) is 2.63. The number of nitrogens with one attached hydrogen (secondary N) is 1. The normalized spacial score (nSPS) is 15.9. The van der Waals surface area contributed by atoms with Crippen LogP contribution >= 0.6 is 11.6 Å². The van der Waals surface area contributed by atoms with Gasteiger partial charge in [0.15, 0.2) is 11.5 Å². The monoisotopic (exact) mass is 384 g/mol. The Balaban J connectivity index is 1.68. The van der Waals surface area contributed by atoms with E-state index in [0.29, 0.717) is 36.6 Å². The van der Waals surface area contributed by atoms with Gasteiger partial charge in [0.05, 0.1) is 10.8 Å². The molecule has 9 heteroatoms. The van der Waals surface area contributed by atoms with Gasteiger partial charge in [-0.25, -0.2) is 13.1 Å². The lowest BCUT2D eigenvalue weighted by Crippen LogP contribution is -2.36. The summed E-state index contributed by atoms with van der Waals surface area (Å²) in [6.07, 6.45) is 1.32. The average molecular weight is 385 g/mol. The first-order valence-electron chi connectivity index (χ1n) is 7.79. The molecule has 2 heterocycles. The summed E-state index contributed by atoms with van der Waals surface area (Å²) in [7, 11) is -3.75. The Kier molecular flexibility index (Phi) is 5.41. The minimum atomic E-state index is -3.75. The van der Waals surface area contributed by atoms with Gasteiger partial charge in [0.1, 0.15) is 0 Å². The number of ether oxygens (including phenoxy) is 1. The quantitative estimate of drug-likeness (QED) is 0.850. The molecule has 1 fully saturated rings. The number of sulfonamides is 1. The molecule has 1 amide bonds. The molecular weight excluding hydrogens is 368 g/mol. The van der Waals surface area contributed by atoms with Crippen LogP contribution in [-0.2, 0) is 14.8 Å². The van der Waals surface area contributed by atoms with Crippen LogP contribution in [0, 0.1) is 5.92 Å². The van der Waals surface area contributed by atoms with Crippen molar-refractivity contribution in [3.05, 3.63) is 41.0 Å². The highest BCUT2D eigenvalue weighted by atomic mass is 35.5. The summed E-state index contributed by atoms with van der Waals surface area (Å²) in [6, 6.07) is 8.28. The van der Waals surface area contributed by atoms with Crippen molar-refractivity contribution in [2.75, 3.05) is 19.0 Å². The zero-order chi connectivity index (χ0) is 17.9. The lowest BCUT2D eigenvalue weighted by atomic mass is 10.0. The molecule has 1 aliphatic heterocycles. The van der Waals surface area contributed by atoms with Gasteiger partial charge in [0.25, 0.3) is 5.91 Å². The predicted molar refractivity (Wildman–Crippen MR) is 91.7 cm³/mol. The molecule has 1 N–H and O–H groups in total. The van der Waals surface area contributed by atoms with Crippen LogP contribution in [0.1, 0.15) is 23.3 Å². The SMILES string of the molecule is O=C(NS(=O)(=O)CC1CCOCC1)c1cc(-c2ccccc2Cl)on1. The second-order valence-electron chi connectivity index (χ2n) is 5.82. The van der Waals surface area contributed by atoms with Crippen molar-refractivity contribution in [3.8, 4) is 11.3 Å². The van der Waals surface area contributed by atoms with Crippen molar-refractivity contribution in [2.45, 2.75) is 12.8 Å². The zero-order valence-corrected chi connectivity index (χ0v) is 14.8. The molecule has 25 heavy (non-hydrogen) atoms. The molecule has 0 atom stereocenters. The van der Waals surface area contributed by atoms with Crippen LogP contribution in [0.25, 0.3) is 11.3 Å². The number of halogens is 1. The highest BCUT2D eigenvalue weighted by molar-refractivity contribution is 7.90. The topological polar surface area (TPSA) is 98.5 Å². The second-order valence-corrected chi connectivity index (χ2v) is 8.00. The highest BCUT2D eigenvalue weighted by Gasteiger charge is 2.25. The van der Waals surface area contributed by atoms with Crippen molar-refractivity contribution >= 4 is 27.5 Å². The molecule has 0 radical (unpaired) electrons. The van der Waals surface area contributed by atoms with Crippen LogP contribution in [0.5, 0.6) is 0 Å². The van der Waals surface area contributed by atoms with E-state index in [1.165, 1.54) is 6.07 Å². The molecule has 1 aliphatic rings. The number of carbonyl (C=O) groups excluding carboxylic acids is 1. The number of rotatable bonds is 5. The fraction of sp³-hybridized carbons (Fsp3) is 0.375. The number of benzene rings is 1. The molecule has 3 rings (SSSR count). The number of aromatic nitrogens is 1. The number of carbonyl (C=O) groups is 1. The van der Waals surface area contributed by atoms with E-state index in [1.807, 2.05) is 4.72 Å². The van der Waals surface area contributed by atoms with E-state index in [2.05, 4.69) is 5.16 Å². The van der Waals surface area contributed by atoms with Gasteiger partial charge in [0, 0.05) is 24.8 Å². The molecular formula is C16H17ClN2O5S. The van der Waals surface area contributed by atoms with Gasteiger partial charge in [-0.05, 0) is 30.9 Å². The maximum atomic E-state index is 12.2. The summed E-state index contributed by atoms with van der Waals surface area (Å²) in [5.74, 6) is -0.668. The number of hydrogen-bond donors (Lipinski definition) is 1. The lowest BCUT2D eigenvalue weighted by molar-refractivity contribution is 0.0722. The Labute approximate surface area is 150 Å². The van der Waals surface area contributed by atoms with Crippen molar-refractivity contribution in [1.29, 1.82) is 0 Å². The minimum absolute atomic E-state index is 0.0185. The van der Waals surface area contributed by atoms with Gasteiger partial charge in [-0.1, -0.05) is 28.9 Å². The third-order valence-corrected chi connectivity index (χ3v) is 5.66. The van der Waals surface area contributed by atoms with Crippen LogP contribution in [-0.4, -0.2) is 38.4 Å². The summed E-state index contributed by atoms with van der Waals surface area (Å²) in [6.45, 7) is 1.08. The highest BCUT2D eigenvalue weighted by Crippen LogP contribution is 2.28. The molecule has 7 nitrogen and oxygen atoms in total. The molecule has 0 spiro atoms. The van der Waals surface area contributed by atoms with Gasteiger partial charge in [0.2, 0.25) is 10.0 Å². The summed E-state index contributed by atoms with van der Waals surface area (Å²) in [4.78, 5) is 12.2. The molecule has 134 valence electrons. The molecule has 0 saturated carbocycles. The van der Waals surface area contributed by atoms with Gasteiger partial charge in [-0.2, -0.15) is 0 Å². The summed E-state index contributed by atoms with van der Waals surface area (Å²) < 4.78 is 36.7. The second kappa shape index (κ2) is 7.55. The van der Waals surface area contributed by atoms with E-state index in [1.54, 1.807) is 24.3 Å². The molecule has 1 aromatic carbocycles. The summed E-state index contributed by atoms with van der Waals surface area (Å²) in [5, 5.41) is 4.08. The van der Waals surface area contributed by atoms with Crippen LogP contribution in [0.2, 0.25) is 5.02 Å². The van der Waals surface area contributed by atoms with E-state index in [-0.39, 0.29) is 23.1 Å². The van der Waals surface area contributed by atoms with Gasteiger partial charge in [-0.3, -0.25) is 4.79 Å². The van der Waals surface area contributed by atoms with E-state index in [9.17, 15) is 13.2 Å². The van der Waals surface area contributed by atoms with E-state index in [0.717, 1.165) is 0 Å². The smallest absolute Gasteiger partial charge is 0.286 e. The predicted octanol–water partition coefficient (Wildman–Crippen LogP) is 2.48. The number of hydrogen-bond acceptors (Lipinski definition) is 6. The fourth-order valence-corrected chi connectivity index (χ4v) is 4.28. The molecule has 2 aromatic rings. The van der Waals surface area contributed by atoms with Crippen LogP contribution in [0.3, 0.4) is 0 Å². The Morgan fingerprint density at radius 1 is 1.28 bits per heavy atom. The van der Waals surface area contributed by atoms with Gasteiger partial charge in [-0.15, -0.1) is 0 Å².